The summed E-state index contributed by atoms with van der Waals surface area (Å²) in [6.07, 6.45) is 2.83. The summed E-state index contributed by atoms with van der Waals surface area (Å²) in [4.78, 5) is 33.6. The molecule has 1 aliphatic rings. The molecule has 0 saturated carbocycles. The highest BCUT2D eigenvalue weighted by atomic mass is 32.2. The van der Waals surface area contributed by atoms with Crippen molar-refractivity contribution in [3.8, 4) is 22.8 Å². The molecule has 12 nitrogen and oxygen atoms in total. The van der Waals surface area contributed by atoms with Gasteiger partial charge in [0.15, 0.2) is 11.5 Å². The summed E-state index contributed by atoms with van der Waals surface area (Å²) < 4.78 is 39.3. The Bertz CT molecular complexity index is 1670. The van der Waals surface area contributed by atoms with Gasteiger partial charge in [0.05, 0.1) is 10.6 Å². The van der Waals surface area contributed by atoms with E-state index in [4.69, 9.17) is 9.47 Å². The van der Waals surface area contributed by atoms with Crippen LogP contribution in [0.4, 0.5) is 11.6 Å². The molecular weight excluding hydrogens is 512 g/mol. The number of amides is 1. The molecule has 38 heavy (non-hydrogen) atoms. The third-order valence-electron chi connectivity index (χ3n) is 5.77. The van der Waals surface area contributed by atoms with E-state index in [9.17, 15) is 18.0 Å². The number of nitrogens with zero attached hydrogens (tertiary/aromatic N) is 4. The first-order valence-electron chi connectivity index (χ1n) is 11.4. The van der Waals surface area contributed by atoms with E-state index in [2.05, 4.69) is 25.1 Å². The van der Waals surface area contributed by atoms with Crippen molar-refractivity contribution in [2.24, 2.45) is 0 Å². The molecule has 2 aromatic heterocycles. The molecule has 3 heterocycles. The maximum Gasteiger partial charge on any atom is 0.267 e. The number of fused-ring (bicyclic) bond motifs is 1. The number of hydrogen-bond donors (Lipinski definition) is 2. The smallest absolute Gasteiger partial charge is 0.267 e. The summed E-state index contributed by atoms with van der Waals surface area (Å²) >= 11 is 0. The van der Waals surface area contributed by atoms with Gasteiger partial charge in [-0.25, -0.2) is 27.8 Å². The number of nitrogens with one attached hydrogen (secondary N) is 2. The van der Waals surface area contributed by atoms with Gasteiger partial charge >= 0.3 is 0 Å². The zero-order valence-corrected chi connectivity index (χ0v) is 21.1. The molecule has 1 amide bonds. The highest BCUT2D eigenvalue weighted by Crippen LogP contribution is 2.35. The van der Waals surface area contributed by atoms with Crippen LogP contribution in [0, 0.1) is 0 Å². The van der Waals surface area contributed by atoms with Gasteiger partial charge in [0.2, 0.25) is 12.7 Å². The zero-order chi connectivity index (χ0) is 26.9. The Labute approximate surface area is 217 Å². The lowest BCUT2D eigenvalue weighted by Crippen LogP contribution is -2.47. The number of aromatic nitrogens is 4. The molecular formula is C25H22N6O6S. The van der Waals surface area contributed by atoms with E-state index in [1.165, 1.54) is 42.7 Å². The molecule has 1 aliphatic heterocycles. The number of benzene rings is 2. The minimum absolute atomic E-state index is 0.0449. The summed E-state index contributed by atoms with van der Waals surface area (Å²) in [5.41, 5.74) is -0.373. The van der Waals surface area contributed by atoms with Gasteiger partial charge in [-0.05, 0) is 68.4 Å². The fraction of sp³-hybridized carbons (Fsp3) is 0.160. The number of rotatable bonds is 7. The maximum atomic E-state index is 13.2. The molecule has 0 atom stereocenters. The van der Waals surface area contributed by atoms with E-state index in [1.807, 2.05) is 0 Å². The van der Waals surface area contributed by atoms with Crippen LogP contribution in [0.2, 0.25) is 0 Å². The predicted octanol–water partition coefficient (Wildman–Crippen LogP) is 2.60. The summed E-state index contributed by atoms with van der Waals surface area (Å²) in [5, 5.41) is 7.15. The van der Waals surface area contributed by atoms with E-state index >= 15 is 0 Å². The SMILES string of the molecule is CC(C)(C(=O)Nc1ccc(S(=O)(=O)Nc2ncccn2)cc1)n1nc(-c2ccc3c(c2)OCO3)ccc1=O. The number of ether oxygens (including phenoxy) is 2. The predicted molar refractivity (Wildman–Crippen MR) is 137 cm³/mol. The standard InChI is InChI=1S/C25H22N6O6S/c1-25(2,31-22(32)11-9-19(29-31)16-4-10-20-21(14-16)37-15-36-20)23(33)28-17-5-7-18(8-6-17)38(34,35)30-24-26-12-3-13-27-24/h3-14H,15H2,1-2H3,(H,28,33)(H,26,27,30). The van der Waals surface area contributed by atoms with Crippen molar-refractivity contribution in [3.63, 3.8) is 0 Å². The third kappa shape index (κ3) is 4.91. The number of hydrogen-bond acceptors (Lipinski definition) is 9. The van der Waals surface area contributed by atoms with Crippen LogP contribution in [0.1, 0.15) is 13.8 Å². The van der Waals surface area contributed by atoms with Gasteiger partial charge in [-0.1, -0.05) is 0 Å². The lowest BCUT2D eigenvalue weighted by Gasteiger charge is -2.25. The van der Waals surface area contributed by atoms with E-state index in [0.29, 0.717) is 28.4 Å². The van der Waals surface area contributed by atoms with Gasteiger partial charge < -0.3 is 14.8 Å². The Balaban J connectivity index is 1.34. The Kier molecular flexibility index (Phi) is 6.28. The van der Waals surface area contributed by atoms with E-state index < -0.39 is 27.0 Å². The molecule has 0 aliphatic carbocycles. The third-order valence-corrected chi connectivity index (χ3v) is 7.11. The second kappa shape index (κ2) is 9.59. The molecule has 2 aromatic carbocycles. The molecule has 5 rings (SSSR count). The quantitative estimate of drug-likeness (QED) is 0.364. The molecule has 0 unspecified atom stereocenters. The fourth-order valence-corrected chi connectivity index (χ4v) is 4.61. The average molecular weight is 535 g/mol. The van der Waals surface area contributed by atoms with Crippen LogP contribution >= 0.6 is 0 Å². The second-order valence-electron chi connectivity index (χ2n) is 8.75. The van der Waals surface area contributed by atoms with Crippen molar-refractivity contribution in [3.05, 3.63) is 83.4 Å². The van der Waals surface area contributed by atoms with Crippen LogP contribution in [0.25, 0.3) is 11.3 Å². The van der Waals surface area contributed by atoms with Gasteiger partial charge in [0, 0.05) is 29.7 Å². The molecule has 4 aromatic rings. The van der Waals surface area contributed by atoms with Crippen molar-refractivity contribution in [1.82, 2.24) is 19.7 Å². The van der Waals surface area contributed by atoms with Crippen molar-refractivity contribution in [1.29, 1.82) is 0 Å². The van der Waals surface area contributed by atoms with Gasteiger partial charge in [0.1, 0.15) is 5.54 Å². The van der Waals surface area contributed by atoms with Gasteiger partial charge in [-0.15, -0.1) is 0 Å². The van der Waals surface area contributed by atoms with E-state index in [-0.39, 0.29) is 17.6 Å². The largest absolute Gasteiger partial charge is 0.454 e. The number of carbonyl (C=O) groups excluding carboxylic acids is 1. The van der Waals surface area contributed by atoms with Crippen molar-refractivity contribution in [2.75, 3.05) is 16.8 Å². The monoisotopic (exact) mass is 534 g/mol. The first-order valence-corrected chi connectivity index (χ1v) is 12.8. The van der Waals surface area contributed by atoms with E-state index in [0.717, 1.165) is 4.68 Å². The maximum absolute atomic E-state index is 13.2. The van der Waals surface area contributed by atoms with Crippen LogP contribution in [0.15, 0.2) is 82.7 Å². The molecule has 0 bridgehead atoms. The Morgan fingerprint density at radius 1 is 0.974 bits per heavy atom. The first kappa shape index (κ1) is 24.9. The van der Waals surface area contributed by atoms with E-state index in [1.54, 1.807) is 44.2 Å². The molecule has 0 radical (unpaired) electrons. The normalized spacial score (nSPS) is 12.7. The van der Waals surface area contributed by atoms with Crippen molar-refractivity contribution in [2.45, 2.75) is 24.3 Å². The molecule has 0 fully saturated rings. The van der Waals surface area contributed by atoms with Crippen LogP contribution in [-0.2, 0) is 20.4 Å². The second-order valence-corrected chi connectivity index (χ2v) is 10.4. The fourth-order valence-electron chi connectivity index (χ4n) is 3.65. The summed E-state index contributed by atoms with van der Waals surface area (Å²) in [5.74, 6) is 0.592. The molecule has 13 heteroatoms. The van der Waals surface area contributed by atoms with Crippen molar-refractivity contribution < 1.29 is 22.7 Å². The summed E-state index contributed by atoms with van der Waals surface area (Å²) in [6.45, 7) is 3.25. The number of carbonyl (C=O) groups is 1. The Morgan fingerprint density at radius 3 is 2.42 bits per heavy atom. The van der Waals surface area contributed by atoms with Gasteiger partial charge in [-0.2, -0.15) is 5.10 Å². The van der Waals surface area contributed by atoms with Crippen LogP contribution < -0.4 is 25.1 Å². The molecule has 0 spiro atoms. The molecule has 2 N–H and O–H groups in total. The minimum atomic E-state index is -3.93. The minimum Gasteiger partial charge on any atom is -0.454 e. The Hall–Kier alpha value is -4.78. The first-order chi connectivity index (χ1) is 18.1. The lowest BCUT2D eigenvalue weighted by molar-refractivity contribution is -0.123. The van der Waals surface area contributed by atoms with Gasteiger partial charge in [0.25, 0.3) is 21.5 Å². The average Bonchev–Trinajstić information content (AvgIpc) is 3.37. The number of sulfonamides is 1. The zero-order valence-electron chi connectivity index (χ0n) is 20.3. The lowest BCUT2D eigenvalue weighted by atomic mass is 10.0. The summed E-state index contributed by atoms with van der Waals surface area (Å²) in [6, 6.07) is 15.3. The topological polar surface area (TPSA) is 154 Å². The Morgan fingerprint density at radius 2 is 1.68 bits per heavy atom. The van der Waals surface area contributed by atoms with Crippen LogP contribution in [0.5, 0.6) is 11.5 Å². The van der Waals surface area contributed by atoms with Crippen molar-refractivity contribution >= 4 is 27.6 Å². The highest BCUT2D eigenvalue weighted by Gasteiger charge is 2.32. The molecule has 0 saturated heterocycles. The summed E-state index contributed by atoms with van der Waals surface area (Å²) in [7, 11) is -3.93. The molecule has 194 valence electrons. The van der Waals surface area contributed by atoms with Gasteiger partial charge in [-0.3, -0.25) is 9.59 Å². The van der Waals surface area contributed by atoms with Crippen LogP contribution in [0.3, 0.4) is 0 Å². The number of anilines is 2. The highest BCUT2D eigenvalue weighted by molar-refractivity contribution is 7.92. The van der Waals surface area contributed by atoms with Crippen LogP contribution in [-0.4, -0.2) is 40.9 Å².